The van der Waals surface area contributed by atoms with Crippen LogP contribution in [-0.4, -0.2) is 50.7 Å². The van der Waals surface area contributed by atoms with Crippen LogP contribution in [0, 0.1) is 5.92 Å². The van der Waals surface area contributed by atoms with Gasteiger partial charge in [0.05, 0.1) is 6.61 Å². The quantitative estimate of drug-likeness (QED) is 0.705. The van der Waals surface area contributed by atoms with Crippen molar-refractivity contribution >= 4 is 5.91 Å². The predicted molar refractivity (Wildman–Crippen MR) is 68.9 cm³/mol. The van der Waals surface area contributed by atoms with Crippen LogP contribution in [-0.2, 0) is 9.53 Å². The lowest BCUT2D eigenvalue weighted by atomic mass is 10.0. The Morgan fingerprint density at radius 1 is 1.47 bits per heavy atom. The zero-order valence-electron chi connectivity index (χ0n) is 11.4. The van der Waals surface area contributed by atoms with E-state index in [2.05, 4.69) is 19.2 Å². The molecule has 1 aliphatic heterocycles. The maximum absolute atomic E-state index is 12.3. The van der Waals surface area contributed by atoms with Gasteiger partial charge in [0.25, 0.3) is 0 Å². The zero-order valence-corrected chi connectivity index (χ0v) is 11.4. The fourth-order valence-electron chi connectivity index (χ4n) is 1.82. The van der Waals surface area contributed by atoms with Gasteiger partial charge in [0.1, 0.15) is 0 Å². The first-order valence-corrected chi connectivity index (χ1v) is 6.23. The summed E-state index contributed by atoms with van der Waals surface area (Å²) in [5.41, 5.74) is 2.14. The van der Waals surface area contributed by atoms with Crippen molar-refractivity contribution < 1.29 is 9.53 Å². The van der Waals surface area contributed by atoms with E-state index in [4.69, 9.17) is 4.74 Å². The van der Waals surface area contributed by atoms with Crippen LogP contribution in [0.15, 0.2) is 11.1 Å². The number of carbonyl (C=O) groups is 1. The van der Waals surface area contributed by atoms with Crippen molar-refractivity contribution in [3.05, 3.63) is 11.1 Å². The Morgan fingerprint density at radius 2 is 2.12 bits per heavy atom. The highest BCUT2D eigenvalue weighted by atomic mass is 16.5. The second-order valence-corrected chi connectivity index (χ2v) is 4.97. The van der Waals surface area contributed by atoms with E-state index in [1.165, 1.54) is 5.57 Å². The molecule has 1 heterocycles. The van der Waals surface area contributed by atoms with Crippen LogP contribution in [0.1, 0.15) is 20.8 Å². The molecule has 4 heteroatoms. The molecule has 0 aromatic heterocycles. The summed E-state index contributed by atoms with van der Waals surface area (Å²) in [5, 5.41) is 3.17. The predicted octanol–water partition coefficient (Wildman–Crippen LogP) is 1.04. The van der Waals surface area contributed by atoms with E-state index >= 15 is 0 Å². The van der Waals surface area contributed by atoms with E-state index in [0.29, 0.717) is 19.1 Å². The minimum Gasteiger partial charge on any atom is -0.383 e. The largest absolute Gasteiger partial charge is 0.383 e. The number of hydrogen-bond donors (Lipinski definition) is 1. The van der Waals surface area contributed by atoms with Crippen molar-refractivity contribution in [3.63, 3.8) is 0 Å². The number of ether oxygens (including phenoxy) is 1. The minimum absolute atomic E-state index is 0.159. The molecular formula is C13H24N2O2. The Kier molecular flexibility index (Phi) is 5.65. The molecule has 1 aliphatic rings. The highest BCUT2D eigenvalue weighted by molar-refractivity contribution is 5.94. The van der Waals surface area contributed by atoms with Crippen LogP contribution in [0.4, 0.5) is 0 Å². The maximum atomic E-state index is 12.3. The molecule has 0 unspecified atom stereocenters. The summed E-state index contributed by atoms with van der Waals surface area (Å²) in [6, 6.07) is 0. The van der Waals surface area contributed by atoms with Crippen LogP contribution in [0.25, 0.3) is 0 Å². The van der Waals surface area contributed by atoms with Gasteiger partial charge in [-0.25, -0.2) is 0 Å². The highest BCUT2D eigenvalue weighted by Gasteiger charge is 2.21. The lowest BCUT2D eigenvalue weighted by molar-refractivity contribution is -0.128. The fourth-order valence-corrected chi connectivity index (χ4v) is 1.82. The van der Waals surface area contributed by atoms with Crippen molar-refractivity contribution in [1.82, 2.24) is 10.2 Å². The molecule has 0 aliphatic carbocycles. The lowest BCUT2D eigenvalue weighted by Gasteiger charge is -2.28. The van der Waals surface area contributed by atoms with E-state index in [9.17, 15) is 4.79 Å². The molecule has 0 spiro atoms. The second-order valence-electron chi connectivity index (χ2n) is 4.97. The average molecular weight is 240 g/mol. The summed E-state index contributed by atoms with van der Waals surface area (Å²) in [7, 11) is 1.67. The first-order chi connectivity index (χ1) is 8.06. The molecule has 1 rings (SSSR count). The molecule has 1 saturated heterocycles. The standard InChI is InChI=1S/C13H24N2O2/c1-10(2)9-15(5-6-17-4)13(16)11(3)12-7-14-8-12/h10,14H,5-9H2,1-4H3. The molecular weight excluding hydrogens is 216 g/mol. The van der Waals surface area contributed by atoms with Crippen LogP contribution in [0.3, 0.4) is 0 Å². The Bertz CT molecular complexity index is 292. The Hall–Kier alpha value is -0.870. The van der Waals surface area contributed by atoms with Gasteiger partial charge < -0.3 is 15.0 Å². The van der Waals surface area contributed by atoms with Gasteiger partial charge in [-0.1, -0.05) is 13.8 Å². The first-order valence-electron chi connectivity index (χ1n) is 6.23. The van der Waals surface area contributed by atoms with E-state index in [0.717, 1.165) is 25.2 Å². The summed E-state index contributed by atoms with van der Waals surface area (Å²) < 4.78 is 5.06. The van der Waals surface area contributed by atoms with Crippen molar-refractivity contribution in [2.45, 2.75) is 20.8 Å². The first kappa shape index (κ1) is 14.2. The normalized spacial score (nSPS) is 14.8. The van der Waals surface area contributed by atoms with Crippen molar-refractivity contribution in [3.8, 4) is 0 Å². The molecule has 0 atom stereocenters. The number of carbonyl (C=O) groups excluding carboxylic acids is 1. The summed E-state index contributed by atoms with van der Waals surface area (Å²) in [4.78, 5) is 14.2. The van der Waals surface area contributed by atoms with Crippen LogP contribution >= 0.6 is 0 Å². The van der Waals surface area contributed by atoms with E-state index < -0.39 is 0 Å². The molecule has 1 fully saturated rings. The van der Waals surface area contributed by atoms with Gasteiger partial charge in [-0.3, -0.25) is 4.79 Å². The average Bonchev–Trinajstić information content (AvgIpc) is 2.20. The highest BCUT2D eigenvalue weighted by Crippen LogP contribution is 2.13. The summed E-state index contributed by atoms with van der Waals surface area (Å²) in [6.07, 6.45) is 0. The van der Waals surface area contributed by atoms with Gasteiger partial charge >= 0.3 is 0 Å². The number of methoxy groups -OCH3 is 1. The SMILES string of the molecule is COCCN(CC(C)C)C(=O)C(C)=C1CNC1. The number of hydrogen-bond acceptors (Lipinski definition) is 3. The number of nitrogens with zero attached hydrogens (tertiary/aromatic N) is 1. The molecule has 0 saturated carbocycles. The molecule has 17 heavy (non-hydrogen) atoms. The van der Waals surface area contributed by atoms with Crippen molar-refractivity contribution in [2.24, 2.45) is 5.92 Å². The van der Waals surface area contributed by atoms with Gasteiger partial charge in [0.2, 0.25) is 5.91 Å². The van der Waals surface area contributed by atoms with Gasteiger partial charge in [0.15, 0.2) is 0 Å². The molecule has 0 aromatic rings. The third kappa shape index (κ3) is 4.13. The molecule has 1 N–H and O–H groups in total. The molecule has 0 radical (unpaired) electrons. The molecule has 4 nitrogen and oxygen atoms in total. The fraction of sp³-hybridized carbons (Fsp3) is 0.769. The summed E-state index contributed by atoms with van der Waals surface area (Å²) >= 11 is 0. The minimum atomic E-state index is 0.159. The number of rotatable bonds is 6. The van der Waals surface area contributed by atoms with Gasteiger partial charge in [0, 0.05) is 38.9 Å². The monoisotopic (exact) mass is 240 g/mol. The van der Waals surface area contributed by atoms with Crippen LogP contribution < -0.4 is 5.32 Å². The van der Waals surface area contributed by atoms with E-state index in [-0.39, 0.29) is 5.91 Å². The Labute approximate surface area is 104 Å². The van der Waals surface area contributed by atoms with Crippen LogP contribution in [0.2, 0.25) is 0 Å². The molecule has 0 aromatic carbocycles. The Morgan fingerprint density at radius 3 is 2.53 bits per heavy atom. The summed E-state index contributed by atoms with van der Waals surface area (Å²) in [5.74, 6) is 0.639. The van der Waals surface area contributed by atoms with Crippen molar-refractivity contribution in [1.29, 1.82) is 0 Å². The van der Waals surface area contributed by atoms with E-state index in [1.807, 2.05) is 11.8 Å². The third-order valence-corrected chi connectivity index (χ3v) is 2.97. The third-order valence-electron chi connectivity index (χ3n) is 2.97. The number of amides is 1. The zero-order chi connectivity index (χ0) is 12.8. The van der Waals surface area contributed by atoms with Crippen molar-refractivity contribution in [2.75, 3.05) is 39.9 Å². The number of nitrogens with one attached hydrogen (secondary N) is 1. The van der Waals surface area contributed by atoms with Crippen LogP contribution in [0.5, 0.6) is 0 Å². The van der Waals surface area contributed by atoms with Gasteiger partial charge in [-0.15, -0.1) is 0 Å². The molecule has 1 amide bonds. The molecule has 98 valence electrons. The maximum Gasteiger partial charge on any atom is 0.249 e. The smallest absolute Gasteiger partial charge is 0.249 e. The summed E-state index contributed by atoms with van der Waals surface area (Å²) in [6.45, 7) is 9.96. The lowest BCUT2D eigenvalue weighted by Crippen LogP contribution is -2.41. The Balaban J connectivity index is 2.64. The second kappa shape index (κ2) is 6.77. The van der Waals surface area contributed by atoms with Gasteiger partial charge in [-0.05, 0) is 18.4 Å². The molecule has 0 bridgehead atoms. The van der Waals surface area contributed by atoms with Gasteiger partial charge in [-0.2, -0.15) is 0 Å². The topological polar surface area (TPSA) is 41.6 Å². The van der Waals surface area contributed by atoms with E-state index in [1.54, 1.807) is 7.11 Å².